The zero-order chi connectivity index (χ0) is 25.1. The molecule has 0 amide bonds. The molecule has 36 heavy (non-hydrogen) atoms. The van der Waals surface area contributed by atoms with Gasteiger partial charge in [-0.15, -0.1) is 0 Å². The van der Waals surface area contributed by atoms with E-state index in [4.69, 9.17) is 4.74 Å². The van der Waals surface area contributed by atoms with Gasteiger partial charge in [0.05, 0.1) is 16.7 Å². The quantitative estimate of drug-likeness (QED) is 0.433. The smallest absolute Gasteiger partial charge is 0.341 e. The fourth-order valence-electron chi connectivity index (χ4n) is 7.10. The number of phenolic OH excluding ortho intramolecular Hbond substituents is 1. The standard InChI is InChI=1S/C26H28N4O6/c1-12-19(28-22-15(24(33)34)10-27-30(22)23(12)32)21-26-7-8-29(11-13-3-4-13)17(25(26,2)35)9-14-5-6-16(31)20(36-21)18(14)26/h5-6,10,13,17,21,27,31,35H,3-4,7-9,11H2,1-2H3,(H,33,34)/t17-,21+,25-,26+/m1/s1. The lowest BCUT2D eigenvalue weighted by Crippen LogP contribution is -2.71. The van der Waals surface area contributed by atoms with E-state index in [-0.39, 0.29) is 23.0 Å². The van der Waals surface area contributed by atoms with Gasteiger partial charge in [-0.25, -0.2) is 14.3 Å². The van der Waals surface area contributed by atoms with Crippen molar-refractivity contribution < 1.29 is 24.9 Å². The summed E-state index contributed by atoms with van der Waals surface area (Å²) in [4.78, 5) is 32.2. The predicted molar refractivity (Wildman–Crippen MR) is 128 cm³/mol. The summed E-state index contributed by atoms with van der Waals surface area (Å²) in [5, 5.41) is 35.5. The first-order valence-electron chi connectivity index (χ1n) is 12.5. The molecule has 3 aromatic rings. The number of nitrogens with one attached hydrogen (secondary N) is 1. The number of likely N-dealkylation sites (tertiary alicyclic amines) is 1. The van der Waals surface area contributed by atoms with Crippen LogP contribution in [0.25, 0.3) is 5.65 Å². The third-order valence-electron chi connectivity index (χ3n) is 9.15. The molecule has 2 bridgehead atoms. The molecule has 2 aromatic heterocycles. The van der Waals surface area contributed by atoms with Crippen LogP contribution in [-0.4, -0.2) is 65.5 Å². The molecular formula is C26H28N4O6. The van der Waals surface area contributed by atoms with Gasteiger partial charge in [-0.3, -0.25) is 14.8 Å². The maximum atomic E-state index is 13.3. The Labute approximate surface area is 206 Å². The molecule has 10 heteroatoms. The van der Waals surface area contributed by atoms with Crippen molar-refractivity contribution in [2.24, 2.45) is 5.92 Å². The molecule has 2 aliphatic carbocycles. The number of hydrogen-bond acceptors (Lipinski definition) is 7. The fraction of sp³-hybridized carbons (Fsp3) is 0.500. The van der Waals surface area contributed by atoms with Gasteiger partial charge in [0.1, 0.15) is 5.56 Å². The second-order valence-corrected chi connectivity index (χ2v) is 11.1. The molecule has 2 aliphatic heterocycles. The Morgan fingerprint density at radius 3 is 2.83 bits per heavy atom. The number of nitrogens with zero attached hydrogens (tertiary/aromatic N) is 3. The van der Waals surface area contributed by atoms with Crippen LogP contribution in [0.4, 0.5) is 0 Å². The first kappa shape index (κ1) is 21.9. The van der Waals surface area contributed by atoms with Crippen LogP contribution in [-0.2, 0) is 11.8 Å². The summed E-state index contributed by atoms with van der Waals surface area (Å²) in [6.07, 6.45) is 3.99. The number of aromatic carboxylic acids is 1. The lowest BCUT2D eigenvalue weighted by Gasteiger charge is -2.59. The Hall–Kier alpha value is -3.37. The van der Waals surface area contributed by atoms with E-state index in [9.17, 15) is 24.9 Å². The number of carboxylic acids is 1. The van der Waals surface area contributed by atoms with E-state index >= 15 is 0 Å². The maximum absolute atomic E-state index is 13.3. The molecule has 2 fully saturated rings. The normalized spacial score (nSPS) is 30.9. The number of aromatic nitrogens is 3. The predicted octanol–water partition coefficient (Wildman–Crippen LogP) is 1.90. The van der Waals surface area contributed by atoms with Crippen molar-refractivity contribution in [1.29, 1.82) is 0 Å². The zero-order valence-electron chi connectivity index (χ0n) is 20.1. The molecule has 0 unspecified atom stereocenters. The van der Waals surface area contributed by atoms with Gasteiger partial charge in [-0.1, -0.05) is 6.07 Å². The molecule has 4 atom stereocenters. The van der Waals surface area contributed by atoms with Crippen LogP contribution in [0.15, 0.2) is 23.1 Å². The van der Waals surface area contributed by atoms with Gasteiger partial charge in [0.25, 0.3) is 5.56 Å². The van der Waals surface area contributed by atoms with Crippen molar-refractivity contribution in [3.63, 3.8) is 0 Å². The van der Waals surface area contributed by atoms with Gasteiger partial charge < -0.3 is 20.1 Å². The zero-order valence-corrected chi connectivity index (χ0v) is 20.1. The van der Waals surface area contributed by atoms with Gasteiger partial charge in [0, 0.05) is 29.9 Å². The van der Waals surface area contributed by atoms with E-state index in [1.807, 2.05) is 13.0 Å². The summed E-state index contributed by atoms with van der Waals surface area (Å²) >= 11 is 0. The van der Waals surface area contributed by atoms with Crippen LogP contribution in [0, 0.1) is 12.8 Å². The summed E-state index contributed by atoms with van der Waals surface area (Å²) in [5.74, 6) is -0.242. The molecule has 1 aromatic carbocycles. The van der Waals surface area contributed by atoms with Crippen molar-refractivity contribution in [1.82, 2.24) is 19.5 Å². The molecule has 4 N–H and O–H groups in total. The highest BCUT2D eigenvalue weighted by Gasteiger charge is 2.69. The summed E-state index contributed by atoms with van der Waals surface area (Å²) < 4.78 is 7.57. The number of H-pyrrole nitrogens is 1. The van der Waals surface area contributed by atoms with E-state index < -0.39 is 28.6 Å². The topological polar surface area (TPSA) is 140 Å². The number of benzene rings is 1. The average Bonchev–Trinajstić information content (AvgIpc) is 3.41. The Kier molecular flexibility index (Phi) is 4.19. The van der Waals surface area contributed by atoms with E-state index in [1.54, 1.807) is 13.0 Å². The Bertz CT molecular complexity index is 1520. The summed E-state index contributed by atoms with van der Waals surface area (Å²) in [7, 11) is 0. The highest BCUT2D eigenvalue weighted by molar-refractivity contribution is 5.94. The summed E-state index contributed by atoms with van der Waals surface area (Å²) in [6.45, 7) is 5.17. The minimum absolute atomic E-state index is 0.00771. The molecule has 4 heterocycles. The van der Waals surface area contributed by atoms with Crippen LogP contribution in [0.5, 0.6) is 11.5 Å². The lowest BCUT2D eigenvalue weighted by atomic mass is 9.53. The molecule has 10 nitrogen and oxygen atoms in total. The van der Waals surface area contributed by atoms with E-state index in [2.05, 4.69) is 15.0 Å². The third kappa shape index (κ3) is 2.55. The molecule has 188 valence electrons. The third-order valence-corrected chi connectivity index (χ3v) is 9.15. The first-order chi connectivity index (χ1) is 17.1. The van der Waals surface area contributed by atoms with E-state index in [0.717, 1.165) is 28.7 Å². The maximum Gasteiger partial charge on any atom is 0.341 e. The number of carbonyl (C=O) groups is 1. The van der Waals surface area contributed by atoms with Gasteiger partial charge in [-0.05, 0) is 63.6 Å². The number of aromatic amines is 1. The van der Waals surface area contributed by atoms with Crippen molar-refractivity contribution in [3.05, 3.63) is 56.6 Å². The number of aromatic hydroxyl groups is 1. The molecule has 1 spiro atoms. The van der Waals surface area contributed by atoms with E-state index in [1.165, 1.54) is 19.0 Å². The highest BCUT2D eigenvalue weighted by atomic mass is 16.5. The number of phenols is 1. The number of rotatable bonds is 4. The summed E-state index contributed by atoms with van der Waals surface area (Å²) in [5.41, 5.74) is -0.367. The Morgan fingerprint density at radius 2 is 2.11 bits per heavy atom. The fourth-order valence-corrected chi connectivity index (χ4v) is 7.10. The Balaban J connectivity index is 1.47. The van der Waals surface area contributed by atoms with Crippen molar-refractivity contribution in [3.8, 4) is 11.5 Å². The van der Waals surface area contributed by atoms with Crippen LogP contribution >= 0.6 is 0 Å². The second kappa shape index (κ2) is 6.89. The summed E-state index contributed by atoms with van der Waals surface area (Å²) in [6, 6.07) is 3.37. The minimum atomic E-state index is -1.25. The lowest BCUT2D eigenvalue weighted by molar-refractivity contribution is -0.156. The second-order valence-electron chi connectivity index (χ2n) is 11.1. The van der Waals surface area contributed by atoms with Gasteiger partial charge in [0.2, 0.25) is 0 Å². The van der Waals surface area contributed by atoms with E-state index in [0.29, 0.717) is 35.8 Å². The molecule has 7 rings (SSSR count). The van der Waals surface area contributed by atoms with Crippen molar-refractivity contribution in [2.45, 2.75) is 62.7 Å². The molecule has 1 saturated carbocycles. The number of aliphatic hydroxyl groups is 1. The number of hydrogen-bond donors (Lipinski definition) is 4. The minimum Gasteiger partial charge on any atom is -0.504 e. The SMILES string of the molecule is Cc1c([C@@H]2Oc3c(O)ccc4c3[C@@]23CCN(CC2CC2)[C@H](C4)[C@@]3(C)O)nc2c(C(=O)O)c[nH]n2c1=O. The van der Waals surface area contributed by atoms with Crippen LogP contribution in [0.1, 0.15) is 65.0 Å². The van der Waals surface area contributed by atoms with Crippen molar-refractivity contribution >= 4 is 11.6 Å². The van der Waals surface area contributed by atoms with Gasteiger partial charge >= 0.3 is 5.97 Å². The molecular weight excluding hydrogens is 464 g/mol. The number of carboxylic acid groups (broad SMARTS) is 1. The Morgan fingerprint density at radius 1 is 1.33 bits per heavy atom. The first-order valence-corrected chi connectivity index (χ1v) is 12.5. The van der Waals surface area contributed by atoms with Crippen LogP contribution < -0.4 is 10.3 Å². The molecule has 0 radical (unpaired) electrons. The largest absolute Gasteiger partial charge is 0.504 e. The highest BCUT2D eigenvalue weighted by Crippen LogP contribution is 2.65. The molecule has 4 aliphatic rings. The van der Waals surface area contributed by atoms with Crippen LogP contribution in [0.2, 0.25) is 0 Å². The number of piperidine rings is 1. The van der Waals surface area contributed by atoms with Crippen molar-refractivity contribution in [2.75, 3.05) is 13.1 Å². The molecule has 1 saturated heterocycles. The van der Waals surface area contributed by atoms with Gasteiger partial charge in [-0.2, -0.15) is 0 Å². The average molecular weight is 493 g/mol. The van der Waals surface area contributed by atoms with Crippen LogP contribution in [0.3, 0.4) is 0 Å². The monoisotopic (exact) mass is 492 g/mol. The van der Waals surface area contributed by atoms with Gasteiger partial charge in [0.15, 0.2) is 23.3 Å². The number of ether oxygens (including phenoxy) is 1. The number of fused-ring (bicyclic) bond motifs is 2.